The SMILES string of the molecule is O=C1CC(OC(C(F)(F)F)C(F)(F)F)C12CCCC2. The van der Waals surface area contributed by atoms with Gasteiger partial charge in [0.25, 0.3) is 0 Å². The Balaban J connectivity index is 2.13. The second-order valence-electron chi connectivity index (χ2n) is 5.08. The fourth-order valence-corrected chi connectivity index (χ4v) is 2.90. The van der Waals surface area contributed by atoms with Gasteiger partial charge in [-0.3, -0.25) is 4.79 Å². The van der Waals surface area contributed by atoms with E-state index in [0.717, 1.165) is 0 Å². The average molecular weight is 290 g/mol. The Bertz CT molecular complexity index is 352. The van der Waals surface area contributed by atoms with Crippen LogP contribution in [-0.2, 0) is 9.53 Å². The van der Waals surface area contributed by atoms with E-state index in [1.54, 1.807) is 0 Å². The average Bonchev–Trinajstić information content (AvgIpc) is 2.71. The Kier molecular flexibility index (Phi) is 3.35. The van der Waals surface area contributed by atoms with E-state index in [2.05, 4.69) is 4.74 Å². The third-order valence-electron chi connectivity index (χ3n) is 3.93. The summed E-state index contributed by atoms with van der Waals surface area (Å²) in [5.41, 5.74) is -1.10. The number of rotatable bonds is 2. The van der Waals surface area contributed by atoms with Crippen molar-refractivity contribution in [2.75, 3.05) is 0 Å². The van der Waals surface area contributed by atoms with Crippen LogP contribution in [-0.4, -0.2) is 30.3 Å². The van der Waals surface area contributed by atoms with E-state index >= 15 is 0 Å². The van der Waals surface area contributed by atoms with Crippen molar-refractivity contribution < 1.29 is 35.9 Å². The lowest BCUT2D eigenvalue weighted by Crippen LogP contribution is -2.58. The Morgan fingerprint density at radius 1 is 1.05 bits per heavy atom. The number of hydrogen-bond acceptors (Lipinski definition) is 2. The molecule has 2 nitrogen and oxygen atoms in total. The van der Waals surface area contributed by atoms with E-state index in [1.807, 2.05) is 0 Å². The van der Waals surface area contributed by atoms with E-state index in [1.165, 1.54) is 0 Å². The molecule has 0 bridgehead atoms. The van der Waals surface area contributed by atoms with Crippen LogP contribution in [0.2, 0.25) is 0 Å². The van der Waals surface area contributed by atoms with Crippen LogP contribution in [0.5, 0.6) is 0 Å². The van der Waals surface area contributed by atoms with Gasteiger partial charge in [0.1, 0.15) is 5.78 Å². The molecule has 2 rings (SSSR count). The molecule has 2 aliphatic rings. The summed E-state index contributed by atoms with van der Waals surface area (Å²) in [5.74, 6) is -0.280. The summed E-state index contributed by atoms with van der Waals surface area (Å²) in [7, 11) is 0. The van der Waals surface area contributed by atoms with Gasteiger partial charge in [0.05, 0.1) is 11.5 Å². The maximum absolute atomic E-state index is 12.4. The standard InChI is InChI=1S/C11H12F6O2/c12-10(13,14)8(11(15,16)17)19-7-5-6(18)9(7)3-1-2-4-9/h7-8H,1-5H2. The molecule has 0 aliphatic heterocycles. The zero-order valence-electron chi connectivity index (χ0n) is 9.77. The second kappa shape index (κ2) is 4.36. The number of Topliss-reactive ketones (excluding diaryl/α,β-unsaturated/α-hetero) is 1. The van der Waals surface area contributed by atoms with Crippen molar-refractivity contribution >= 4 is 5.78 Å². The fourth-order valence-electron chi connectivity index (χ4n) is 2.90. The maximum atomic E-state index is 12.4. The van der Waals surface area contributed by atoms with Crippen LogP contribution in [0.4, 0.5) is 26.3 Å². The topological polar surface area (TPSA) is 26.3 Å². The predicted molar refractivity (Wildman–Crippen MR) is 51.3 cm³/mol. The number of carbonyl (C=O) groups is 1. The number of carbonyl (C=O) groups excluding carboxylic acids is 1. The molecule has 2 saturated carbocycles. The van der Waals surface area contributed by atoms with Gasteiger partial charge in [-0.05, 0) is 12.8 Å². The van der Waals surface area contributed by atoms with Crippen molar-refractivity contribution in [1.82, 2.24) is 0 Å². The Morgan fingerprint density at radius 3 is 1.89 bits per heavy atom. The molecule has 0 aromatic heterocycles. The third kappa shape index (κ3) is 2.46. The van der Waals surface area contributed by atoms with E-state index in [4.69, 9.17) is 0 Å². The number of ketones is 1. The first-order valence-corrected chi connectivity index (χ1v) is 5.89. The van der Waals surface area contributed by atoms with Gasteiger partial charge in [-0.15, -0.1) is 0 Å². The normalized spacial score (nSPS) is 27.1. The lowest BCUT2D eigenvalue weighted by Gasteiger charge is -2.46. The summed E-state index contributed by atoms with van der Waals surface area (Å²) < 4.78 is 78.5. The van der Waals surface area contributed by atoms with E-state index < -0.39 is 30.0 Å². The summed E-state index contributed by atoms with van der Waals surface area (Å²) in [6.07, 6.45) is -14.6. The molecule has 0 aromatic rings. The minimum Gasteiger partial charge on any atom is -0.356 e. The minimum absolute atomic E-state index is 0.280. The van der Waals surface area contributed by atoms with Gasteiger partial charge < -0.3 is 4.74 Å². The fraction of sp³-hybridized carbons (Fsp3) is 0.909. The van der Waals surface area contributed by atoms with Crippen LogP contribution < -0.4 is 0 Å². The van der Waals surface area contributed by atoms with Gasteiger partial charge in [-0.25, -0.2) is 0 Å². The van der Waals surface area contributed by atoms with Crippen LogP contribution in [0.25, 0.3) is 0 Å². The van der Waals surface area contributed by atoms with Crippen LogP contribution in [0.15, 0.2) is 0 Å². The highest BCUT2D eigenvalue weighted by Crippen LogP contribution is 2.53. The summed E-state index contributed by atoms with van der Waals surface area (Å²) in [5, 5.41) is 0. The maximum Gasteiger partial charge on any atom is 0.423 e. The van der Waals surface area contributed by atoms with Gasteiger partial charge >= 0.3 is 12.4 Å². The number of halogens is 6. The highest BCUT2D eigenvalue weighted by atomic mass is 19.4. The lowest BCUT2D eigenvalue weighted by atomic mass is 9.63. The Morgan fingerprint density at radius 2 is 1.53 bits per heavy atom. The lowest BCUT2D eigenvalue weighted by molar-refractivity contribution is -0.341. The van der Waals surface area contributed by atoms with Crippen LogP contribution in [0.1, 0.15) is 32.1 Å². The monoisotopic (exact) mass is 290 g/mol. The van der Waals surface area contributed by atoms with Crippen LogP contribution in [0, 0.1) is 5.41 Å². The Hall–Kier alpha value is -0.790. The molecule has 0 amide bonds. The molecule has 19 heavy (non-hydrogen) atoms. The van der Waals surface area contributed by atoms with Gasteiger partial charge in [-0.1, -0.05) is 12.8 Å². The number of hydrogen-bond donors (Lipinski definition) is 0. The summed E-state index contributed by atoms with van der Waals surface area (Å²) in [4.78, 5) is 11.5. The molecule has 1 unspecified atom stereocenters. The smallest absolute Gasteiger partial charge is 0.356 e. The first-order chi connectivity index (χ1) is 8.57. The predicted octanol–water partition coefficient (Wildman–Crippen LogP) is 3.40. The van der Waals surface area contributed by atoms with E-state index in [-0.39, 0.29) is 12.2 Å². The van der Waals surface area contributed by atoms with Crippen LogP contribution >= 0.6 is 0 Å². The number of ether oxygens (including phenoxy) is 1. The van der Waals surface area contributed by atoms with Crippen molar-refractivity contribution in [2.24, 2.45) is 5.41 Å². The molecule has 0 N–H and O–H groups in total. The first kappa shape index (κ1) is 14.6. The molecule has 0 saturated heterocycles. The summed E-state index contributed by atoms with van der Waals surface area (Å²) >= 11 is 0. The largest absolute Gasteiger partial charge is 0.423 e. The minimum atomic E-state index is -5.52. The molecule has 1 spiro atoms. The van der Waals surface area contributed by atoms with Gasteiger partial charge in [0.2, 0.25) is 6.10 Å². The first-order valence-electron chi connectivity index (χ1n) is 5.89. The zero-order valence-corrected chi connectivity index (χ0v) is 9.77. The molecule has 8 heteroatoms. The highest BCUT2D eigenvalue weighted by Gasteiger charge is 2.64. The van der Waals surface area contributed by atoms with Crippen molar-refractivity contribution in [3.05, 3.63) is 0 Å². The zero-order chi connectivity index (χ0) is 14.5. The summed E-state index contributed by atoms with van der Waals surface area (Å²) in [6, 6.07) is 0. The molecule has 0 heterocycles. The van der Waals surface area contributed by atoms with Crippen LogP contribution in [0.3, 0.4) is 0 Å². The quantitative estimate of drug-likeness (QED) is 0.729. The van der Waals surface area contributed by atoms with Crippen molar-refractivity contribution in [3.8, 4) is 0 Å². The Labute approximate surface area is 105 Å². The molecule has 1 atom stereocenters. The van der Waals surface area contributed by atoms with Gasteiger partial charge in [0, 0.05) is 6.42 Å². The van der Waals surface area contributed by atoms with Crippen molar-refractivity contribution in [2.45, 2.75) is 56.7 Å². The molecule has 2 fully saturated rings. The van der Waals surface area contributed by atoms with Crippen molar-refractivity contribution in [1.29, 1.82) is 0 Å². The third-order valence-corrected chi connectivity index (χ3v) is 3.93. The molecule has 0 radical (unpaired) electrons. The highest BCUT2D eigenvalue weighted by molar-refractivity contribution is 5.92. The van der Waals surface area contributed by atoms with Gasteiger partial charge in [-0.2, -0.15) is 26.3 Å². The molecule has 0 aromatic carbocycles. The molecular weight excluding hydrogens is 278 g/mol. The molecule has 110 valence electrons. The molecular formula is C11H12F6O2. The van der Waals surface area contributed by atoms with Gasteiger partial charge in [0.15, 0.2) is 0 Å². The van der Waals surface area contributed by atoms with E-state index in [0.29, 0.717) is 25.7 Å². The molecule has 2 aliphatic carbocycles. The second-order valence-corrected chi connectivity index (χ2v) is 5.08. The summed E-state index contributed by atoms with van der Waals surface area (Å²) in [6.45, 7) is 0. The number of alkyl halides is 6. The van der Waals surface area contributed by atoms with E-state index in [9.17, 15) is 31.1 Å². The van der Waals surface area contributed by atoms with Crippen molar-refractivity contribution in [3.63, 3.8) is 0 Å².